The van der Waals surface area contributed by atoms with Gasteiger partial charge in [-0.25, -0.2) is 0 Å². The van der Waals surface area contributed by atoms with Gasteiger partial charge in [-0.15, -0.1) is 0 Å². The summed E-state index contributed by atoms with van der Waals surface area (Å²) in [7, 11) is 0. The molecule has 94 valence electrons. The summed E-state index contributed by atoms with van der Waals surface area (Å²) in [6.45, 7) is 0.658. The molecule has 0 aliphatic rings. The lowest BCUT2D eigenvalue weighted by molar-refractivity contribution is 0.0950. The topological polar surface area (TPSA) is 49.3 Å². The second-order valence-electron chi connectivity index (χ2n) is 3.67. The highest BCUT2D eigenvalue weighted by molar-refractivity contribution is 14.1. The van der Waals surface area contributed by atoms with E-state index in [1.54, 1.807) is 12.1 Å². The number of benzene rings is 1. The highest BCUT2D eigenvalue weighted by atomic mass is 127. The molecule has 5 heteroatoms. The average molecular weight is 412 g/mol. The second-order valence-corrected chi connectivity index (χ2v) is 5.66. The Morgan fingerprint density at radius 2 is 2.12 bits per heavy atom. The van der Waals surface area contributed by atoms with Crippen LogP contribution in [0.3, 0.4) is 0 Å². The summed E-state index contributed by atoms with van der Waals surface area (Å²) in [6.07, 6.45) is 3.28. The fraction of sp³-hybridized carbons (Fsp3) is 0.417. The van der Waals surface area contributed by atoms with Crippen LogP contribution in [0.15, 0.2) is 22.7 Å². The number of halogens is 2. The van der Waals surface area contributed by atoms with Crippen molar-refractivity contribution in [1.82, 2.24) is 5.32 Å². The van der Waals surface area contributed by atoms with Gasteiger partial charge < -0.3 is 10.4 Å². The van der Waals surface area contributed by atoms with Crippen molar-refractivity contribution in [2.45, 2.75) is 19.3 Å². The van der Waals surface area contributed by atoms with Gasteiger partial charge in [-0.3, -0.25) is 4.79 Å². The molecule has 1 rings (SSSR count). The molecule has 0 fully saturated rings. The highest BCUT2D eigenvalue weighted by Gasteiger charge is 2.10. The normalized spacial score (nSPS) is 10.2. The second kappa shape index (κ2) is 7.92. The number of carbonyl (C=O) groups excluding carboxylic acids is 1. The maximum Gasteiger partial charge on any atom is 0.255 e. The molecule has 0 bridgehead atoms. The van der Waals surface area contributed by atoms with Crippen molar-refractivity contribution in [3.8, 4) is 5.75 Å². The van der Waals surface area contributed by atoms with Gasteiger partial charge in [-0.05, 0) is 35.5 Å². The molecule has 1 aromatic rings. The van der Waals surface area contributed by atoms with Crippen LogP contribution in [0.4, 0.5) is 0 Å². The summed E-state index contributed by atoms with van der Waals surface area (Å²) in [6, 6.07) is 4.87. The number of hydrogen-bond donors (Lipinski definition) is 2. The van der Waals surface area contributed by atoms with E-state index in [2.05, 4.69) is 43.8 Å². The molecule has 0 aliphatic carbocycles. The summed E-state index contributed by atoms with van der Waals surface area (Å²) in [4.78, 5) is 11.7. The minimum absolute atomic E-state index is 0.00383. The van der Waals surface area contributed by atoms with Crippen LogP contribution in [-0.2, 0) is 0 Å². The molecule has 2 N–H and O–H groups in total. The maximum atomic E-state index is 11.7. The molecular formula is C12H15BrINO2. The monoisotopic (exact) mass is 411 g/mol. The lowest BCUT2D eigenvalue weighted by atomic mass is 10.2. The molecule has 0 saturated carbocycles. The smallest absolute Gasteiger partial charge is 0.255 e. The largest absolute Gasteiger partial charge is 0.507 e. The van der Waals surface area contributed by atoms with Crippen LogP contribution in [0.25, 0.3) is 0 Å². The Morgan fingerprint density at radius 1 is 1.35 bits per heavy atom. The predicted octanol–water partition coefficient (Wildman–Crippen LogP) is 3.49. The van der Waals surface area contributed by atoms with Crippen LogP contribution in [0.1, 0.15) is 29.6 Å². The van der Waals surface area contributed by atoms with Gasteiger partial charge in [-0.2, -0.15) is 0 Å². The number of unbranched alkanes of at least 4 members (excludes halogenated alkanes) is 2. The van der Waals surface area contributed by atoms with E-state index in [4.69, 9.17) is 0 Å². The first kappa shape index (κ1) is 14.8. The third kappa shape index (κ3) is 5.25. The third-order valence-electron chi connectivity index (χ3n) is 2.30. The zero-order valence-electron chi connectivity index (χ0n) is 9.38. The molecule has 0 heterocycles. The molecule has 0 atom stereocenters. The van der Waals surface area contributed by atoms with Crippen LogP contribution in [0.2, 0.25) is 0 Å². The molecule has 0 saturated heterocycles. The maximum absolute atomic E-state index is 11.7. The Hall–Kier alpha value is -0.300. The minimum Gasteiger partial charge on any atom is -0.507 e. The fourth-order valence-electron chi connectivity index (χ4n) is 1.39. The van der Waals surface area contributed by atoms with Crippen molar-refractivity contribution in [3.63, 3.8) is 0 Å². The van der Waals surface area contributed by atoms with E-state index in [-0.39, 0.29) is 11.7 Å². The Labute approximate surface area is 123 Å². The lowest BCUT2D eigenvalue weighted by Crippen LogP contribution is -2.24. The average Bonchev–Trinajstić information content (AvgIpc) is 2.28. The van der Waals surface area contributed by atoms with E-state index < -0.39 is 0 Å². The first-order chi connectivity index (χ1) is 8.15. The van der Waals surface area contributed by atoms with Gasteiger partial charge in [0.15, 0.2) is 0 Å². The molecule has 0 spiro atoms. The van der Waals surface area contributed by atoms with E-state index in [0.717, 1.165) is 21.7 Å². The summed E-state index contributed by atoms with van der Waals surface area (Å²) in [5.74, 6) is -0.214. The summed E-state index contributed by atoms with van der Waals surface area (Å²) in [5.41, 5.74) is 0.321. The first-order valence-corrected chi connectivity index (χ1v) is 7.79. The third-order valence-corrected chi connectivity index (χ3v) is 3.56. The number of carbonyl (C=O) groups is 1. The number of rotatable bonds is 6. The molecule has 17 heavy (non-hydrogen) atoms. The van der Waals surface area contributed by atoms with Gasteiger partial charge in [0.1, 0.15) is 5.75 Å². The highest BCUT2D eigenvalue weighted by Crippen LogP contribution is 2.21. The molecule has 0 radical (unpaired) electrons. The number of amides is 1. The van der Waals surface area contributed by atoms with E-state index in [9.17, 15) is 9.90 Å². The summed E-state index contributed by atoms with van der Waals surface area (Å²) in [5, 5.41) is 12.4. The van der Waals surface area contributed by atoms with Gasteiger partial charge in [0.2, 0.25) is 0 Å². The zero-order valence-corrected chi connectivity index (χ0v) is 13.1. The van der Waals surface area contributed by atoms with Crippen molar-refractivity contribution >= 4 is 44.4 Å². The molecular weight excluding hydrogens is 397 g/mol. The van der Waals surface area contributed by atoms with Gasteiger partial charge in [0.25, 0.3) is 5.91 Å². The molecule has 1 aromatic carbocycles. The van der Waals surface area contributed by atoms with Crippen molar-refractivity contribution in [2.24, 2.45) is 0 Å². The van der Waals surface area contributed by atoms with Crippen molar-refractivity contribution < 1.29 is 9.90 Å². The Balaban J connectivity index is 2.42. The first-order valence-electron chi connectivity index (χ1n) is 5.48. The van der Waals surface area contributed by atoms with Gasteiger partial charge in [-0.1, -0.05) is 44.9 Å². The van der Waals surface area contributed by atoms with E-state index in [0.29, 0.717) is 12.1 Å². The number of phenols is 1. The van der Waals surface area contributed by atoms with E-state index in [1.165, 1.54) is 12.5 Å². The van der Waals surface area contributed by atoms with Crippen LogP contribution >= 0.6 is 38.5 Å². The summed E-state index contributed by atoms with van der Waals surface area (Å²) >= 11 is 5.58. The number of phenolic OH excluding ortho intramolecular Hbond substituents is 1. The van der Waals surface area contributed by atoms with Crippen LogP contribution in [0, 0.1) is 0 Å². The quantitative estimate of drug-likeness (QED) is 0.427. The van der Waals surface area contributed by atoms with Crippen molar-refractivity contribution in [3.05, 3.63) is 28.2 Å². The molecule has 0 aliphatic heterocycles. The van der Waals surface area contributed by atoms with E-state index in [1.807, 2.05) is 0 Å². The van der Waals surface area contributed by atoms with Gasteiger partial charge in [0.05, 0.1) is 5.56 Å². The molecule has 3 nitrogen and oxygen atoms in total. The van der Waals surface area contributed by atoms with Crippen LogP contribution in [-0.4, -0.2) is 22.0 Å². The minimum atomic E-state index is -0.218. The van der Waals surface area contributed by atoms with Crippen molar-refractivity contribution in [1.29, 1.82) is 0 Å². The number of nitrogens with one attached hydrogen (secondary N) is 1. The number of aromatic hydroxyl groups is 1. The Kier molecular flexibility index (Phi) is 6.87. The number of alkyl halides is 1. The Morgan fingerprint density at radius 3 is 2.76 bits per heavy atom. The fourth-order valence-corrected chi connectivity index (χ4v) is 2.28. The zero-order chi connectivity index (χ0) is 12.7. The molecule has 0 aromatic heterocycles. The standard InChI is InChI=1S/C12H15BrINO2/c13-9-4-5-10(11(16)8-9)12(17)15-7-3-1-2-6-14/h4-5,8,16H,1-3,6-7H2,(H,15,17). The molecule has 0 unspecified atom stereocenters. The van der Waals surface area contributed by atoms with Gasteiger partial charge >= 0.3 is 0 Å². The summed E-state index contributed by atoms with van der Waals surface area (Å²) < 4.78 is 1.91. The van der Waals surface area contributed by atoms with Crippen molar-refractivity contribution in [2.75, 3.05) is 11.0 Å². The van der Waals surface area contributed by atoms with Crippen LogP contribution in [0.5, 0.6) is 5.75 Å². The lowest BCUT2D eigenvalue weighted by Gasteiger charge is -2.06. The van der Waals surface area contributed by atoms with Gasteiger partial charge in [0, 0.05) is 11.0 Å². The van der Waals surface area contributed by atoms with E-state index >= 15 is 0 Å². The molecule has 1 amide bonds. The Bertz CT molecular complexity index is 385. The number of hydrogen-bond acceptors (Lipinski definition) is 2. The SMILES string of the molecule is O=C(NCCCCCI)c1ccc(Br)cc1O. The predicted molar refractivity (Wildman–Crippen MR) is 80.9 cm³/mol. The van der Waals surface area contributed by atoms with Crippen LogP contribution < -0.4 is 5.32 Å².